The van der Waals surface area contributed by atoms with Crippen LogP contribution in [0.5, 0.6) is 0 Å². The summed E-state index contributed by atoms with van der Waals surface area (Å²) in [7, 11) is 1.57. The molecule has 6 nitrogen and oxygen atoms in total. The van der Waals surface area contributed by atoms with Crippen molar-refractivity contribution in [3.05, 3.63) is 0 Å². The van der Waals surface area contributed by atoms with Gasteiger partial charge < -0.3 is 10.0 Å². The topological polar surface area (TPSA) is 93.4 Å². The van der Waals surface area contributed by atoms with Gasteiger partial charge in [0.1, 0.15) is 0 Å². The summed E-state index contributed by atoms with van der Waals surface area (Å²) >= 11 is 0. The number of carboxylic acid groups (broad SMARTS) is 1. The molecule has 0 heterocycles. The SMILES string of the molecule is CN(CCC#N)C(=O)CNCC(=O)O. The van der Waals surface area contributed by atoms with Gasteiger partial charge in [-0.25, -0.2) is 0 Å². The summed E-state index contributed by atoms with van der Waals surface area (Å²) in [6.45, 7) is 0.107. The lowest BCUT2D eigenvalue weighted by atomic mass is 10.4. The third-order valence-corrected chi connectivity index (χ3v) is 1.54. The first-order valence-electron chi connectivity index (χ1n) is 4.11. The molecule has 0 saturated heterocycles. The van der Waals surface area contributed by atoms with Crippen LogP contribution in [-0.2, 0) is 9.59 Å². The van der Waals surface area contributed by atoms with Crippen molar-refractivity contribution in [2.45, 2.75) is 6.42 Å². The Bertz CT molecular complexity index is 247. The Balaban J connectivity index is 3.63. The second-order valence-corrected chi connectivity index (χ2v) is 2.72. The summed E-state index contributed by atoms with van der Waals surface area (Å²) in [4.78, 5) is 22.7. The van der Waals surface area contributed by atoms with Crippen molar-refractivity contribution in [1.29, 1.82) is 5.26 Å². The number of carboxylic acids is 1. The van der Waals surface area contributed by atoms with Crippen molar-refractivity contribution in [1.82, 2.24) is 10.2 Å². The molecule has 0 aliphatic rings. The third kappa shape index (κ3) is 5.97. The Morgan fingerprint density at radius 2 is 2.14 bits per heavy atom. The van der Waals surface area contributed by atoms with E-state index in [9.17, 15) is 9.59 Å². The number of nitriles is 1. The molecule has 2 N–H and O–H groups in total. The van der Waals surface area contributed by atoms with Gasteiger partial charge in [-0.05, 0) is 0 Å². The molecule has 0 aliphatic carbocycles. The van der Waals surface area contributed by atoms with Gasteiger partial charge in [0.05, 0.1) is 25.6 Å². The number of carbonyl (C=O) groups is 2. The molecular weight excluding hydrogens is 186 g/mol. The second kappa shape index (κ2) is 6.86. The van der Waals surface area contributed by atoms with Crippen LogP contribution in [0.2, 0.25) is 0 Å². The zero-order chi connectivity index (χ0) is 11.0. The molecule has 0 aromatic heterocycles. The zero-order valence-corrected chi connectivity index (χ0v) is 7.99. The Morgan fingerprint density at radius 3 is 2.64 bits per heavy atom. The maximum Gasteiger partial charge on any atom is 0.317 e. The molecular formula is C8H13N3O3. The van der Waals surface area contributed by atoms with E-state index in [0.717, 1.165) is 0 Å². The number of hydrogen-bond donors (Lipinski definition) is 2. The molecule has 0 rings (SSSR count). The van der Waals surface area contributed by atoms with E-state index in [-0.39, 0.29) is 25.4 Å². The highest BCUT2D eigenvalue weighted by Crippen LogP contribution is 1.86. The highest BCUT2D eigenvalue weighted by Gasteiger charge is 2.07. The summed E-state index contributed by atoms with van der Waals surface area (Å²) in [6.07, 6.45) is 0.279. The normalized spacial score (nSPS) is 9.14. The minimum absolute atomic E-state index is 0.0196. The number of aliphatic carboxylic acids is 1. The van der Waals surface area contributed by atoms with Crippen molar-refractivity contribution in [2.24, 2.45) is 0 Å². The fraction of sp³-hybridized carbons (Fsp3) is 0.625. The van der Waals surface area contributed by atoms with Crippen molar-refractivity contribution in [2.75, 3.05) is 26.7 Å². The first-order valence-corrected chi connectivity index (χ1v) is 4.11. The van der Waals surface area contributed by atoms with Crippen LogP contribution >= 0.6 is 0 Å². The quantitative estimate of drug-likeness (QED) is 0.574. The highest BCUT2D eigenvalue weighted by molar-refractivity contribution is 5.78. The smallest absolute Gasteiger partial charge is 0.317 e. The Morgan fingerprint density at radius 1 is 1.50 bits per heavy atom. The molecule has 0 spiro atoms. The van der Waals surface area contributed by atoms with E-state index in [0.29, 0.717) is 6.54 Å². The van der Waals surface area contributed by atoms with Crippen LogP contribution in [0.3, 0.4) is 0 Å². The number of nitrogens with one attached hydrogen (secondary N) is 1. The Hall–Kier alpha value is -1.61. The third-order valence-electron chi connectivity index (χ3n) is 1.54. The lowest BCUT2D eigenvalue weighted by Gasteiger charge is -2.15. The predicted molar refractivity (Wildman–Crippen MR) is 48.4 cm³/mol. The molecule has 1 amide bonds. The number of nitrogens with zero attached hydrogens (tertiary/aromatic N) is 2. The molecule has 0 radical (unpaired) electrons. The lowest BCUT2D eigenvalue weighted by molar-refractivity contribution is -0.136. The van der Waals surface area contributed by atoms with E-state index in [1.807, 2.05) is 6.07 Å². The van der Waals surface area contributed by atoms with Gasteiger partial charge in [0.25, 0.3) is 0 Å². The van der Waals surface area contributed by atoms with Crippen LogP contribution in [0.15, 0.2) is 0 Å². The van der Waals surface area contributed by atoms with Gasteiger partial charge in [-0.1, -0.05) is 0 Å². The minimum Gasteiger partial charge on any atom is -0.480 e. The van der Waals surface area contributed by atoms with Gasteiger partial charge in [-0.15, -0.1) is 0 Å². The second-order valence-electron chi connectivity index (χ2n) is 2.72. The largest absolute Gasteiger partial charge is 0.480 e. The Labute approximate surface area is 82.1 Å². The first kappa shape index (κ1) is 12.4. The summed E-state index contributed by atoms with van der Waals surface area (Å²) in [5.74, 6) is -1.22. The summed E-state index contributed by atoms with van der Waals surface area (Å²) in [5.41, 5.74) is 0. The minimum atomic E-state index is -1.00. The fourth-order valence-electron chi connectivity index (χ4n) is 0.754. The van der Waals surface area contributed by atoms with E-state index in [1.54, 1.807) is 7.05 Å². The van der Waals surface area contributed by atoms with Crippen LogP contribution in [0, 0.1) is 11.3 Å². The molecule has 0 atom stereocenters. The number of amides is 1. The predicted octanol–water partition coefficient (Wildman–Crippen LogP) is -0.967. The standard InChI is InChI=1S/C8H13N3O3/c1-11(4-2-3-9)7(12)5-10-6-8(13)14/h10H,2,4-6H2,1H3,(H,13,14). The first-order chi connectivity index (χ1) is 6.57. The maximum atomic E-state index is 11.2. The van der Waals surface area contributed by atoms with Gasteiger partial charge >= 0.3 is 5.97 Å². The van der Waals surface area contributed by atoms with E-state index in [4.69, 9.17) is 10.4 Å². The van der Waals surface area contributed by atoms with Crippen molar-refractivity contribution >= 4 is 11.9 Å². The summed E-state index contributed by atoms with van der Waals surface area (Å²) in [6, 6.07) is 1.92. The molecule has 0 aromatic rings. The monoisotopic (exact) mass is 199 g/mol. The van der Waals surface area contributed by atoms with E-state index in [2.05, 4.69) is 5.32 Å². The van der Waals surface area contributed by atoms with Gasteiger partial charge in [0.15, 0.2) is 0 Å². The number of hydrogen-bond acceptors (Lipinski definition) is 4. The zero-order valence-electron chi connectivity index (χ0n) is 7.99. The molecule has 0 aliphatic heterocycles. The van der Waals surface area contributed by atoms with Crippen LogP contribution in [0.4, 0.5) is 0 Å². The average Bonchev–Trinajstić information content (AvgIpc) is 2.13. The van der Waals surface area contributed by atoms with Gasteiger partial charge in [-0.3, -0.25) is 14.9 Å². The van der Waals surface area contributed by atoms with Crippen molar-refractivity contribution in [3.8, 4) is 6.07 Å². The maximum absolute atomic E-state index is 11.2. The number of rotatable bonds is 6. The van der Waals surface area contributed by atoms with Crippen LogP contribution < -0.4 is 5.32 Å². The van der Waals surface area contributed by atoms with Crippen LogP contribution in [0.1, 0.15) is 6.42 Å². The van der Waals surface area contributed by atoms with E-state index in [1.165, 1.54) is 4.90 Å². The molecule has 0 bridgehead atoms. The molecule has 0 saturated carbocycles. The number of carbonyl (C=O) groups excluding carboxylic acids is 1. The molecule has 0 aromatic carbocycles. The van der Waals surface area contributed by atoms with Gasteiger partial charge in [0, 0.05) is 13.6 Å². The lowest BCUT2D eigenvalue weighted by Crippen LogP contribution is -2.37. The molecule has 0 fully saturated rings. The summed E-state index contributed by atoms with van der Waals surface area (Å²) in [5, 5.41) is 19.0. The molecule has 6 heteroatoms. The fourth-order valence-corrected chi connectivity index (χ4v) is 0.754. The molecule has 14 heavy (non-hydrogen) atoms. The highest BCUT2D eigenvalue weighted by atomic mass is 16.4. The van der Waals surface area contributed by atoms with Gasteiger partial charge in [-0.2, -0.15) is 5.26 Å². The van der Waals surface area contributed by atoms with Crippen molar-refractivity contribution < 1.29 is 14.7 Å². The van der Waals surface area contributed by atoms with Crippen LogP contribution in [0.25, 0.3) is 0 Å². The van der Waals surface area contributed by atoms with Gasteiger partial charge in [0.2, 0.25) is 5.91 Å². The molecule has 0 unspecified atom stereocenters. The number of likely N-dealkylation sites (N-methyl/N-ethyl adjacent to an activating group) is 1. The molecule has 78 valence electrons. The van der Waals surface area contributed by atoms with E-state index < -0.39 is 5.97 Å². The van der Waals surface area contributed by atoms with Crippen LogP contribution in [-0.4, -0.2) is 48.6 Å². The Kier molecular flexibility index (Phi) is 6.07. The summed E-state index contributed by atoms with van der Waals surface area (Å²) < 4.78 is 0. The van der Waals surface area contributed by atoms with E-state index >= 15 is 0 Å². The average molecular weight is 199 g/mol. The van der Waals surface area contributed by atoms with Crippen molar-refractivity contribution in [3.63, 3.8) is 0 Å².